The molecular formula is C14H11Li. The molecular weight excluding hydrogens is 175 g/mol. The molecule has 0 radical (unpaired) electrons. The Morgan fingerprint density at radius 3 is 1.07 bits per heavy atom. The third kappa shape index (κ3) is 1.79. The summed E-state index contributed by atoms with van der Waals surface area (Å²) >= 11 is 0. The Bertz CT molecular complexity index is 499. The molecule has 3 aromatic carbocycles. The predicted molar refractivity (Wildman–Crippen MR) is 62.6 cm³/mol. The van der Waals surface area contributed by atoms with E-state index in [-0.39, 0.29) is 20.3 Å². The van der Waals surface area contributed by atoms with Gasteiger partial charge in [0.1, 0.15) is 0 Å². The maximum absolute atomic E-state index is 2.24. The molecule has 0 aliphatic rings. The van der Waals surface area contributed by atoms with Gasteiger partial charge in [0.15, 0.2) is 0 Å². The Kier molecular flexibility index (Phi) is 2.82. The number of fused-ring (bicyclic) bond motifs is 2. The minimum Gasteiger partial charge on any atom is -1.00 e. The first-order chi connectivity index (χ1) is 6.93. The minimum absolute atomic E-state index is 0. The van der Waals surface area contributed by atoms with Gasteiger partial charge < -0.3 is 1.43 Å². The summed E-state index contributed by atoms with van der Waals surface area (Å²) in [4.78, 5) is 0. The normalized spacial score (nSPS) is 10.1. The van der Waals surface area contributed by atoms with Crippen LogP contribution in [0.2, 0.25) is 0 Å². The molecule has 0 atom stereocenters. The van der Waals surface area contributed by atoms with Gasteiger partial charge in [-0.2, -0.15) is 0 Å². The molecule has 0 aromatic heterocycles. The summed E-state index contributed by atoms with van der Waals surface area (Å²) in [5.41, 5.74) is 0. The molecule has 0 nitrogen and oxygen atoms in total. The topological polar surface area (TPSA) is 0 Å². The standard InChI is InChI=1S/C14H10.Li.H/c1-2-6-12-10-14-8-4-3-7-13(14)9-11(12)5-1;;/h1-10H;;/q;+1;-1. The number of benzene rings is 3. The second kappa shape index (κ2) is 4.11. The van der Waals surface area contributed by atoms with Gasteiger partial charge in [-0.05, 0) is 33.7 Å². The second-order valence-corrected chi connectivity index (χ2v) is 3.55. The molecule has 0 saturated carbocycles. The van der Waals surface area contributed by atoms with Crippen LogP contribution in [0.4, 0.5) is 0 Å². The molecule has 0 fully saturated rings. The van der Waals surface area contributed by atoms with Crippen LogP contribution in [0.3, 0.4) is 0 Å². The number of rotatable bonds is 0. The summed E-state index contributed by atoms with van der Waals surface area (Å²) < 4.78 is 0. The van der Waals surface area contributed by atoms with E-state index in [0.29, 0.717) is 0 Å². The summed E-state index contributed by atoms with van der Waals surface area (Å²) in [5.74, 6) is 0. The van der Waals surface area contributed by atoms with Crippen LogP contribution < -0.4 is 18.9 Å². The maximum atomic E-state index is 2.24. The molecule has 0 N–H and O–H groups in total. The van der Waals surface area contributed by atoms with Gasteiger partial charge in [0.05, 0.1) is 0 Å². The van der Waals surface area contributed by atoms with Crippen molar-refractivity contribution >= 4 is 21.5 Å². The second-order valence-electron chi connectivity index (χ2n) is 3.55. The average Bonchev–Trinajstić information content (AvgIpc) is 2.26. The van der Waals surface area contributed by atoms with E-state index in [1.807, 2.05) is 0 Å². The molecule has 0 heterocycles. The Morgan fingerprint density at radius 2 is 0.800 bits per heavy atom. The van der Waals surface area contributed by atoms with Crippen molar-refractivity contribution in [1.82, 2.24) is 0 Å². The maximum Gasteiger partial charge on any atom is 1.00 e. The Hall–Kier alpha value is -1.22. The van der Waals surface area contributed by atoms with Crippen LogP contribution in [0.5, 0.6) is 0 Å². The van der Waals surface area contributed by atoms with Crippen LogP contribution >= 0.6 is 0 Å². The van der Waals surface area contributed by atoms with Crippen LogP contribution in [0.1, 0.15) is 1.43 Å². The first-order valence-corrected chi connectivity index (χ1v) is 4.81. The average molecular weight is 186 g/mol. The molecule has 3 aromatic rings. The van der Waals surface area contributed by atoms with Gasteiger partial charge in [0, 0.05) is 0 Å². The summed E-state index contributed by atoms with van der Waals surface area (Å²) in [6.45, 7) is 0. The quantitative estimate of drug-likeness (QED) is 0.364. The smallest absolute Gasteiger partial charge is 1.00 e. The molecule has 15 heavy (non-hydrogen) atoms. The molecule has 0 bridgehead atoms. The van der Waals surface area contributed by atoms with E-state index in [1.165, 1.54) is 21.5 Å². The van der Waals surface area contributed by atoms with Gasteiger partial charge in [0.2, 0.25) is 0 Å². The SMILES string of the molecule is [H-].[Li+].c1ccc2cc3ccccc3cc2c1. The Balaban J connectivity index is 0.000000640. The molecule has 1 heteroatoms. The van der Waals surface area contributed by atoms with Gasteiger partial charge >= 0.3 is 18.9 Å². The molecule has 0 aliphatic heterocycles. The van der Waals surface area contributed by atoms with Gasteiger partial charge in [-0.15, -0.1) is 0 Å². The van der Waals surface area contributed by atoms with Crippen molar-refractivity contribution in [2.24, 2.45) is 0 Å². The third-order valence-electron chi connectivity index (χ3n) is 2.61. The van der Waals surface area contributed by atoms with E-state index in [9.17, 15) is 0 Å². The molecule has 0 unspecified atom stereocenters. The molecule has 0 saturated heterocycles. The third-order valence-corrected chi connectivity index (χ3v) is 2.61. The van der Waals surface area contributed by atoms with E-state index < -0.39 is 0 Å². The van der Waals surface area contributed by atoms with Crippen LogP contribution in [0.25, 0.3) is 21.5 Å². The summed E-state index contributed by atoms with van der Waals surface area (Å²) in [6.07, 6.45) is 0. The van der Waals surface area contributed by atoms with Crippen LogP contribution in [0.15, 0.2) is 60.7 Å². The van der Waals surface area contributed by atoms with Crippen LogP contribution in [0, 0.1) is 0 Å². The predicted octanol–water partition coefficient (Wildman–Crippen LogP) is 1.11. The Morgan fingerprint density at radius 1 is 0.533 bits per heavy atom. The molecule has 3 rings (SSSR count). The van der Waals surface area contributed by atoms with Crippen molar-refractivity contribution in [2.75, 3.05) is 0 Å². The van der Waals surface area contributed by atoms with E-state index in [0.717, 1.165) is 0 Å². The van der Waals surface area contributed by atoms with Gasteiger partial charge in [-0.25, -0.2) is 0 Å². The molecule has 68 valence electrons. The van der Waals surface area contributed by atoms with Crippen molar-refractivity contribution in [3.05, 3.63) is 60.7 Å². The van der Waals surface area contributed by atoms with Crippen molar-refractivity contribution in [3.63, 3.8) is 0 Å². The summed E-state index contributed by atoms with van der Waals surface area (Å²) in [7, 11) is 0. The molecule has 0 amide bonds. The largest absolute Gasteiger partial charge is 1.00 e. The van der Waals surface area contributed by atoms with E-state index in [2.05, 4.69) is 60.7 Å². The van der Waals surface area contributed by atoms with E-state index in [4.69, 9.17) is 0 Å². The zero-order valence-corrected chi connectivity index (χ0v) is 8.77. The Labute approximate surface area is 103 Å². The van der Waals surface area contributed by atoms with E-state index in [1.54, 1.807) is 0 Å². The molecule has 0 aliphatic carbocycles. The van der Waals surface area contributed by atoms with Gasteiger partial charge in [-0.1, -0.05) is 48.5 Å². The minimum atomic E-state index is 0. The van der Waals surface area contributed by atoms with E-state index >= 15 is 0 Å². The number of hydrogen-bond donors (Lipinski definition) is 0. The summed E-state index contributed by atoms with van der Waals surface area (Å²) in [5, 5.41) is 5.25. The van der Waals surface area contributed by atoms with Crippen molar-refractivity contribution in [1.29, 1.82) is 0 Å². The van der Waals surface area contributed by atoms with Crippen LogP contribution in [-0.2, 0) is 0 Å². The number of hydrogen-bond acceptors (Lipinski definition) is 0. The van der Waals surface area contributed by atoms with Gasteiger partial charge in [-0.3, -0.25) is 0 Å². The first kappa shape index (κ1) is 10.3. The fourth-order valence-electron chi connectivity index (χ4n) is 1.88. The van der Waals surface area contributed by atoms with Crippen molar-refractivity contribution in [3.8, 4) is 0 Å². The van der Waals surface area contributed by atoms with Crippen molar-refractivity contribution in [2.45, 2.75) is 0 Å². The first-order valence-electron chi connectivity index (χ1n) is 4.81. The fraction of sp³-hybridized carbons (Fsp3) is 0. The zero-order valence-electron chi connectivity index (χ0n) is 9.77. The monoisotopic (exact) mass is 186 g/mol. The fourth-order valence-corrected chi connectivity index (χ4v) is 1.88. The summed E-state index contributed by atoms with van der Waals surface area (Å²) in [6, 6.07) is 21.4. The van der Waals surface area contributed by atoms with Crippen molar-refractivity contribution < 1.29 is 20.3 Å². The molecule has 0 spiro atoms. The van der Waals surface area contributed by atoms with Crippen LogP contribution in [-0.4, -0.2) is 0 Å². The van der Waals surface area contributed by atoms with Gasteiger partial charge in [0.25, 0.3) is 0 Å². The zero-order chi connectivity index (χ0) is 9.38.